The number of hydrogen-bond acceptors (Lipinski definition) is 5. The Morgan fingerprint density at radius 2 is 1.93 bits per heavy atom. The average molecular weight is 402 g/mol. The number of nitrogens with zero attached hydrogens (tertiary/aromatic N) is 1. The highest BCUT2D eigenvalue weighted by molar-refractivity contribution is 6.01. The second-order valence-corrected chi connectivity index (χ2v) is 7.81. The fraction of sp³-hybridized carbons (Fsp3) is 0.250. The Hall–Kier alpha value is -3.38. The summed E-state index contributed by atoms with van der Waals surface area (Å²) in [6.07, 6.45) is 3.32. The number of benzene rings is 2. The van der Waals surface area contributed by atoms with E-state index < -0.39 is 5.41 Å². The Kier molecular flexibility index (Phi) is 4.44. The van der Waals surface area contributed by atoms with Gasteiger partial charge in [0, 0.05) is 11.8 Å². The third-order valence-corrected chi connectivity index (χ3v) is 5.92. The minimum Gasteiger partial charge on any atom is -0.454 e. The smallest absolute Gasteiger partial charge is 0.236 e. The fourth-order valence-electron chi connectivity index (χ4n) is 3.99. The highest BCUT2D eigenvalue weighted by Crippen LogP contribution is 2.51. The first-order chi connectivity index (χ1) is 14.6. The van der Waals surface area contributed by atoms with Gasteiger partial charge in [-0.1, -0.05) is 30.3 Å². The summed E-state index contributed by atoms with van der Waals surface area (Å²) in [5.74, 6) is 1.90. The predicted octanol–water partition coefficient (Wildman–Crippen LogP) is 3.95. The van der Waals surface area contributed by atoms with E-state index in [9.17, 15) is 9.90 Å². The summed E-state index contributed by atoms with van der Waals surface area (Å²) in [6.45, 7) is 2.10. The van der Waals surface area contributed by atoms with Crippen LogP contribution < -0.4 is 14.8 Å². The van der Waals surface area contributed by atoms with Gasteiger partial charge in [0.05, 0.1) is 12.0 Å². The van der Waals surface area contributed by atoms with Gasteiger partial charge in [-0.05, 0) is 60.2 Å². The zero-order chi connectivity index (χ0) is 20.7. The minimum atomic E-state index is -0.544. The van der Waals surface area contributed by atoms with Gasteiger partial charge in [0.2, 0.25) is 12.7 Å². The van der Waals surface area contributed by atoms with Crippen molar-refractivity contribution < 1.29 is 19.4 Å². The predicted molar refractivity (Wildman–Crippen MR) is 112 cm³/mol. The molecule has 0 spiro atoms. The molecule has 1 aliphatic heterocycles. The summed E-state index contributed by atoms with van der Waals surface area (Å²) >= 11 is 0. The van der Waals surface area contributed by atoms with Crippen LogP contribution in [-0.4, -0.2) is 22.8 Å². The lowest BCUT2D eigenvalue weighted by Gasteiger charge is -2.17. The van der Waals surface area contributed by atoms with E-state index in [-0.39, 0.29) is 19.3 Å². The van der Waals surface area contributed by atoms with Crippen LogP contribution in [0.25, 0.3) is 11.1 Å². The van der Waals surface area contributed by atoms with Crippen LogP contribution in [-0.2, 0) is 16.8 Å². The lowest BCUT2D eigenvalue weighted by Crippen LogP contribution is -2.28. The van der Waals surface area contributed by atoms with Crippen LogP contribution >= 0.6 is 0 Å². The molecule has 152 valence electrons. The van der Waals surface area contributed by atoms with Crippen LogP contribution in [0.3, 0.4) is 0 Å². The van der Waals surface area contributed by atoms with Crippen LogP contribution in [0.1, 0.15) is 29.5 Å². The maximum Gasteiger partial charge on any atom is 0.236 e. The number of carbonyl (C=O) groups excluding carboxylic acids is 1. The van der Waals surface area contributed by atoms with E-state index in [0.717, 1.165) is 40.7 Å². The number of nitrogens with one attached hydrogen (secondary N) is 1. The van der Waals surface area contributed by atoms with Crippen LogP contribution in [0.4, 0.5) is 5.82 Å². The van der Waals surface area contributed by atoms with Crippen LogP contribution in [0.2, 0.25) is 0 Å². The minimum absolute atomic E-state index is 0.0360. The van der Waals surface area contributed by atoms with Crippen LogP contribution in [0, 0.1) is 6.92 Å². The zero-order valence-corrected chi connectivity index (χ0v) is 16.6. The van der Waals surface area contributed by atoms with Crippen molar-refractivity contribution in [1.82, 2.24) is 4.98 Å². The van der Waals surface area contributed by atoms with E-state index in [1.807, 2.05) is 55.5 Å². The number of aliphatic hydroxyl groups is 1. The molecule has 0 atom stereocenters. The van der Waals surface area contributed by atoms with E-state index >= 15 is 0 Å². The second kappa shape index (κ2) is 7.15. The van der Waals surface area contributed by atoms with Gasteiger partial charge in [-0.2, -0.15) is 0 Å². The molecular formula is C24H22N2O4. The maximum absolute atomic E-state index is 13.1. The highest BCUT2D eigenvalue weighted by atomic mass is 16.7. The van der Waals surface area contributed by atoms with E-state index in [2.05, 4.69) is 10.3 Å². The summed E-state index contributed by atoms with van der Waals surface area (Å²) in [4.78, 5) is 17.7. The molecule has 2 heterocycles. The number of aliphatic hydroxyl groups excluding tert-OH is 1. The standard InChI is InChI=1S/C24H22N2O4/c1-15-10-17(19-5-3-2-4-16(19)13-27)12-25-22(15)26-23(28)24(8-9-24)18-6-7-20-21(11-18)30-14-29-20/h2-7,10-12,27H,8-9,13-14H2,1H3,(H,25,26,28). The molecule has 0 radical (unpaired) electrons. The molecule has 0 unspecified atom stereocenters. The number of carbonyl (C=O) groups is 1. The third-order valence-electron chi connectivity index (χ3n) is 5.92. The molecular weight excluding hydrogens is 380 g/mol. The van der Waals surface area contributed by atoms with Crippen molar-refractivity contribution in [2.75, 3.05) is 12.1 Å². The molecule has 30 heavy (non-hydrogen) atoms. The normalized spacial score (nSPS) is 15.7. The molecule has 0 bridgehead atoms. The number of amides is 1. The van der Waals surface area contributed by atoms with Crippen molar-refractivity contribution in [1.29, 1.82) is 0 Å². The van der Waals surface area contributed by atoms with E-state index in [0.29, 0.717) is 17.3 Å². The molecule has 1 fully saturated rings. The van der Waals surface area contributed by atoms with E-state index in [1.165, 1.54) is 0 Å². The lowest BCUT2D eigenvalue weighted by molar-refractivity contribution is -0.118. The van der Waals surface area contributed by atoms with Gasteiger partial charge in [-0.3, -0.25) is 4.79 Å². The Morgan fingerprint density at radius 3 is 2.70 bits per heavy atom. The molecule has 6 heteroatoms. The van der Waals surface area contributed by atoms with Gasteiger partial charge in [-0.25, -0.2) is 4.98 Å². The zero-order valence-electron chi connectivity index (χ0n) is 16.6. The van der Waals surface area contributed by atoms with E-state index in [1.54, 1.807) is 6.20 Å². The third kappa shape index (κ3) is 3.09. The molecule has 3 aromatic rings. The van der Waals surface area contributed by atoms with Crippen molar-refractivity contribution in [2.24, 2.45) is 0 Å². The average Bonchev–Trinajstić information content (AvgIpc) is 3.46. The van der Waals surface area contributed by atoms with Gasteiger partial charge in [0.25, 0.3) is 0 Å². The quantitative estimate of drug-likeness (QED) is 0.676. The number of aromatic nitrogens is 1. The van der Waals surface area contributed by atoms with Gasteiger partial charge in [0.1, 0.15) is 5.82 Å². The van der Waals surface area contributed by atoms with Crippen molar-refractivity contribution in [3.05, 3.63) is 71.4 Å². The number of aryl methyl sites for hydroxylation is 1. The largest absolute Gasteiger partial charge is 0.454 e. The van der Waals surface area contributed by atoms with Crippen LogP contribution in [0.5, 0.6) is 11.5 Å². The summed E-state index contributed by atoms with van der Waals surface area (Å²) in [6, 6.07) is 15.4. The molecule has 1 aromatic heterocycles. The number of fused-ring (bicyclic) bond motifs is 1. The topological polar surface area (TPSA) is 80.7 Å². The number of hydrogen-bond donors (Lipinski definition) is 2. The number of anilines is 1. The van der Waals surface area contributed by atoms with Crippen LogP contribution in [0.15, 0.2) is 54.7 Å². The second-order valence-electron chi connectivity index (χ2n) is 7.81. The summed E-state index contributed by atoms with van der Waals surface area (Å²) in [5, 5.41) is 12.6. The van der Waals surface area contributed by atoms with Gasteiger partial charge < -0.3 is 19.9 Å². The number of ether oxygens (including phenoxy) is 2. The lowest BCUT2D eigenvalue weighted by atomic mass is 9.94. The van der Waals surface area contributed by atoms with E-state index in [4.69, 9.17) is 9.47 Å². The first-order valence-corrected chi connectivity index (χ1v) is 9.98. The number of rotatable bonds is 5. The van der Waals surface area contributed by atoms with Gasteiger partial charge in [0.15, 0.2) is 11.5 Å². The maximum atomic E-state index is 13.1. The first kappa shape index (κ1) is 18.6. The molecule has 2 aromatic carbocycles. The molecule has 1 saturated carbocycles. The first-order valence-electron chi connectivity index (χ1n) is 9.98. The molecule has 1 amide bonds. The van der Waals surface area contributed by atoms with Crippen molar-refractivity contribution in [2.45, 2.75) is 31.8 Å². The molecule has 6 nitrogen and oxygen atoms in total. The van der Waals surface area contributed by atoms with Gasteiger partial charge >= 0.3 is 0 Å². The molecule has 5 rings (SSSR count). The molecule has 1 aliphatic carbocycles. The Balaban J connectivity index is 1.39. The summed E-state index contributed by atoms with van der Waals surface area (Å²) in [5.41, 5.74) is 3.96. The Labute approximate surface area is 174 Å². The molecule has 2 aliphatic rings. The Bertz CT molecular complexity index is 1140. The monoisotopic (exact) mass is 402 g/mol. The Morgan fingerprint density at radius 1 is 1.13 bits per heavy atom. The van der Waals surface area contributed by atoms with Crippen molar-refractivity contribution in [3.8, 4) is 22.6 Å². The van der Waals surface area contributed by atoms with Crippen molar-refractivity contribution in [3.63, 3.8) is 0 Å². The van der Waals surface area contributed by atoms with Crippen molar-refractivity contribution >= 4 is 11.7 Å². The fourth-order valence-corrected chi connectivity index (χ4v) is 3.99. The number of pyridine rings is 1. The summed E-state index contributed by atoms with van der Waals surface area (Å²) in [7, 11) is 0. The SMILES string of the molecule is Cc1cc(-c2ccccc2CO)cnc1NC(=O)C1(c2ccc3c(c2)OCO3)CC1. The molecule has 2 N–H and O–H groups in total. The molecule has 0 saturated heterocycles. The summed E-state index contributed by atoms with van der Waals surface area (Å²) < 4.78 is 10.8. The van der Waals surface area contributed by atoms with Gasteiger partial charge in [-0.15, -0.1) is 0 Å². The highest BCUT2D eigenvalue weighted by Gasteiger charge is 2.51.